The van der Waals surface area contributed by atoms with E-state index in [-0.39, 0.29) is 5.92 Å². The second-order valence-corrected chi connectivity index (χ2v) is 5.44. The van der Waals surface area contributed by atoms with Gasteiger partial charge in [0.1, 0.15) is 0 Å². The van der Waals surface area contributed by atoms with Gasteiger partial charge in [-0.1, -0.05) is 25.7 Å². The Bertz CT molecular complexity index is 234. The fraction of sp³-hybridized carbons (Fsp3) is 0.923. The molecule has 1 saturated heterocycles. The summed E-state index contributed by atoms with van der Waals surface area (Å²) in [6.07, 6.45) is 9.11. The van der Waals surface area contributed by atoms with Gasteiger partial charge in [-0.25, -0.2) is 0 Å². The second-order valence-electron chi connectivity index (χ2n) is 5.44. The monoisotopic (exact) mass is 225 g/mol. The summed E-state index contributed by atoms with van der Waals surface area (Å²) < 4.78 is 0. The molecule has 92 valence electrons. The molecule has 0 spiro atoms. The first-order chi connectivity index (χ1) is 7.75. The van der Waals surface area contributed by atoms with Crippen molar-refractivity contribution in [2.45, 2.75) is 44.9 Å². The quantitative estimate of drug-likeness (QED) is 0.750. The first kappa shape index (κ1) is 11.9. The molecule has 1 heterocycles. The van der Waals surface area contributed by atoms with Crippen LogP contribution in [0.25, 0.3) is 0 Å². The number of carboxylic acids is 1. The lowest BCUT2D eigenvalue weighted by Gasteiger charge is -2.22. The van der Waals surface area contributed by atoms with Crippen LogP contribution in [-0.4, -0.2) is 35.6 Å². The summed E-state index contributed by atoms with van der Waals surface area (Å²) in [6.45, 7) is 2.92. The Hall–Kier alpha value is -0.570. The maximum Gasteiger partial charge on any atom is 0.307 e. The van der Waals surface area contributed by atoms with E-state index in [1.807, 2.05) is 0 Å². The number of carboxylic acid groups (broad SMARTS) is 1. The molecule has 0 aromatic heterocycles. The van der Waals surface area contributed by atoms with Crippen molar-refractivity contribution in [1.82, 2.24) is 4.90 Å². The third kappa shape index (κ3) is 3.21. The van der Waals surface area contributed by atoms with Crippen molar-refractivity contribution < 1.29 is 9.90 Å². The molecule has 0 aromatic carbocycles. The number of likely N-dealkylation sites (tertiary alicyclic amines) is 1. The third-order valence-electron chi connectivity index (χ3n) is 4.11. The molecule has 1 aliphatic carbocycles. The molecule has 1 aliphatic heterocycles. The molecule has 0 radical (unpaired) electrons. The molecule has 2 fully saturated rings. The summed E-state index contributed by atoms with van der Waals surface area (Å²) in [5.74, 6) is 0.115. The summed E-state index contributed by atoms with van der Waals surface area (Å²) in [5.41, 5.74) is 0. The molecular formula is C13H23NO2. The Morgan fingerprint density at radius 1 is 1.12 bits per heavy atom. The maximum absolute atomic E-state index is 10.9. The molecule has 1 saturated carbocycles. The zero-order chi connectivity index (χ0) is 11.4. The van der Waals surface area contributed by atoms with Crippen LogP contribution in [0.2, 0.25) is 0 Å². The Labute approximate surface area is 97.8 Å². The van der Waals surface area contributed by atoms with Gasteiger partial charge in [-0.15, -0.1) is 0 Å². The van der Waals surface area contributed by atoms with Gasteiger partial charge in [0.05, 0.1) is 5.92 Å². The highest BCUT2D eigenvalue weighted by Crippen LogP contribution is 2.26. The van der Waals surface area contributed by atoms with E-state index >= 15 is 0 Å². The largest absolute Gasteiger partial charge is 0.481 e. The molecule has 1 atom stereocenters. The lowest BCUT2D eigenvalue weighted by atomic mass is 10.00. The van der Waals surface area contributed by atoms with E-state index in [0.717, 1.165) is 32.0 Å². The fourth-order valence-corrected chi connectivity index (χ4v) is 3.11. The van der Waals surface area contributed by atoms with Crippen LogP contribution in [0.4, 0.5) is 0 Å². The summed E-state index contributed by atoms with van der Waals surface area (Å²) in [6, 6.07) is 0. The van der Waals surface area contributed by atoms with Gasteiger partial charge in [-0.2, -0.15) is 0 Å². The van der Waals surface area contributed by atoms with Crippen molar-refractivity contribution in [2.75, 3.05) is 19.6 Å². The standard InChI is InChI=1S/C13H23NO2/c15-13(16)12-7-8-14(10-12)9-11-5-3-1-2-4-6-11/h11-12H,1-10H2,(H,15,16). The predicted octanol–water partition coefficient (Wildman–Crippen LogP) is 2.36. The Balaban J connectivity index is 1.75. The number of hydrogen-bond acceptors (Lipinski definition) is 2. The van der Waals surface area contributed by atoms with Gasteiger partial charge < -0.3 is 10.0 Å². The lowest BCUT2D eigenvalue weighted by molar-refractivity contribution is -0.141. The molecule has 1 N–H and O–H groups in total. The van der Waals surface area contributed by atoms with Crippen molar-refractivity contribution in [2.24, 2.45) is 11.8 Å². The molecule has 0 aromatic rings. The van der Waals surface area contributed by atoms with Crippen LogP contribution in [0.3, 0.4) is 0 Å². The number of rotatable bonds is 3. The number of carbonyl (C=O) groups is 1. The molecule has 0 amide bonds. The van der Waals surface area contributed by atoms with Gasteiger partial charge in [0.25, 0.3) is 0 Å². The minimum absolute atomic E-state index is 0.106. The Kier molecular flexibility index (Phi) is 4.22. The highest BCUT2D eigenvalue weighted by Gasteiger charge is 2.29. The van der Waals surface area contributed by atoms with Gasteiger partial charge in [-0.05, 0) is 31.7 Å². The van der Waals surface area contributed by atoms with Gasteiger partial charge in [0.2, 0.25) is 0 Å². The normalized spacial score (nSPS) is 29.1. The molecular weight excluding hydrogens is 202 g/mol. The van der Waals surface area contributed by atoms with Crippen LogP contribution in [0.15, 0.2) is 0 Å². The molecule has 1 unspecified atom stereocenters. The van der Waals surface area contributed by atoms with E-state index < -0.39 is 5.97 Å². The van der Waals surface area contributed by atoms with Crippen molar-refractivity contribution in [3.8, 4) is 0 Å². The maximum atomic E-state index is 10.9. The van der Waals surface area contributed by atoms with Gasteiger partial charge >= 0.3 is 5.97 Å². The molecule has 3 nitrogen and oxygen atoms in total. The van der Waals surface area contributed by atoms with Gasteiger partial charge in [-0.3, -0.25) is 4.79 Å². The highest BCUT2D eigenvalue weighted by atomic mass is 16.4. The van der Waals surface area contributed by atoms with Crippen molar-refractivity contribution >= 4 is 5.97 Å². The summed E-state index contributed by atoms with van der Waals surface area (Å²) in [4.78, 5) is 13.2. The zero-order valence-corrected chi connectivity index (χ0v) is 10.0. The summed E-state index contributed by atoms with van der Waals surface area (Å²) in [5, 5.41) is 8.96. The smallest absolute Gasteiger partial charge is 0.307 e. The minimum Gasteiger partial charge on any atom is -0.481 e. The van der Waals surface area contributed by atoms with Gasteiger partial charge in [0.15, 0.2) is 0 Å². The van der Waals surface area contributed by atoms with Crippen molar-refractivity contribution in [1.29, 1.82) is 0 Å². The van der Waals surface area contributed by atoms with Crippen LogP contribution >= 0.6 is 0 Å². The van der Waals surface area contributed by atoms with E-state index in [1.165, 1.54) is 38.5 Å². The second kappa shape index (κ2) is 5.67. The number of nitrogens with zero attached hydrogens (tertiary/aromatic N) is 1. The molecule has 2 rings (SSSR count). The lowest BCUT2D eigenvalue weighted by Crippen LogP contribution is -2.28. The summed E-state index contributed by atoms with van der Waals surface area (Å²) in [7, 11) is 0. The number of aliphatic carboxylic acids is 1. The van der Waals surface area contributed by atoms with E-state index in [9.17, 15) is 4.79 Å². The van der Waals surface area contributed by atoms with Crippen LogP contribution in [0.1, 0.15) is 44.9 Å². The minimum atomic E-state index is -0.608. The first-order valence-corrected chi connectivity index (χ1v) is 6.71. The van der Waals surface area contributed by atoms with Crippen LogP contribution in [-0.2, 0) is 4.79 Å². The summed E-state index contributed by atoms with van der Waals surface area (Å²) >= 11 is 0. The van der Waals surface area contributed by atoms with Gasteiger partial charge in [0, 0.05) is 13.1 Å². The van der Waals surface area contributed by atoms with E-state index in [2.05, 4.69) is 4.90 Å². The van der Waals surface area contributed by atoms with Crippen LogP contribution < -0.4 is 0 Å². The zero-order valence-electron chi connectivity index (χ0n) is 10.0. The van der Waals surface area contributed by atoms with Crippen LogP contribution in [0, 0.1) is 11.8 Å². The number of hydrogen-bond donors (Lipinski definition) is 1. The molecule has 2 aliphatic rings. The van der Waals surface area contributed by atoms with E-state index in [4.69, 9.17) is 5.11 Å². The van der Waals surface area contributed by atoms with Crippen molar-refractivity contribution in [3.05, 3.63) is 0 Å². The first-order valence-electron chi connectivity index (χ1n) is 6.71. The van der Waals surface area contributed by atoms with E-state index in [1.54, 1.807) is 0 Å². The average Bonchev–Trinajstić information content (AvgIpc) is 2.56. The highest BCUT2D eigenvalue weighted by molar-refractivity contribution is 5.70. The Morgan fingerprint density at radius 3 is 2.38 bits per heavy atom. The molecule has 3 heteroatoms. The topological polar surface area (TPSA) is 40.5 Å². The van der Waals surface area contributed by atoms with E-state index in [0.29, 0.717) is 0 Å². The molecule has 0 bridgehead atoms. The average molecular weight is 225 g/mol. The van der Waals surface area contributed by atoms with Crippen LogP contribution in [0.5, 0.6) is 0 Å². The third-order valence-corrected chi connectivity index (χ3v) is 4.11. The fourth-order valence-electron chi connectivity index (χ4n) is 3.11. The molecule has 16 heavy (non-hydrogen) atoms. The predicted molar refractivity (Wildman–Crippen MR) is 63.4 cm³/mol. The SMILES string of the molecule is O=C(O)C1CCN(CC2CCCCCC2)C1. The Morgan fingerprint density at radius 2 is 1.81 bits per heavy atom. The van der Waals surface area contributed by atoms with Crippen molar-refractivity contribution in [3.63, 3.8) is 0 Å².